The molecule has 0 fully saturated rings. The van der Waals surface area contributed by atoms with Crippen molar-refractivity contribution in [3.8, 4) is 0 Å². The highest BCUT2D eigenvalue weighted by Gasteiger charge is 2.12. The summed E-state index contributed by atoms with van der Waals surface area (Å²) in [6, 6.07) is 20.5. The number of anilines is 3. The first-order valence-corrected chi connectivity index (χ1v) is 8.40. The predicted molar refractivity (Wildman–Crippen MR) is 103 cm³/mol. The van der Waals surface area contributed by atoms with Gasteiger partial charge in [-0.1, -0.05) is 35.9 Å². The molecule has 1 aromatic heterocycles. The zero-order chi connectivity index (χ0) is 17.6. The first-order valence-electron chi connectivity index (χ1n) is 8.03. The Morgan fingerprint density at radius 3 is 2.60 bits per heavy atom. The number of aromatic nitrogens is 1. The van der Waals surface area contributed by atoms with Crippen LogP contribution >= 0.6 is 11.6 Å². The molecule has 3 rings (SSSR count). The first kappa shape index (κ1) is 17.0. The molecule has 5 heteroatoms. The third kappa shape index (κ3) is 4.17. The van der Waals surface area contributed by atoms with Crippen LogP contribution in [0, 0.1) is 0 Å². The van der Waals surface area contributed by atoms with Gasteiger partial charge in [-0.3, -0.25) is 4.79 Å². The summed E-state index contributed by atoms with van der Waals surface area (Å²) in [6.45, 7) is 2.80. The molecule has 0 aliphatic carbocycles. The number of nitrogens with zero attached hydrogens (tertiary/aromatic N) is 2. The number of hydrogen-bond acceptors (Lipinski definition) is 3. The van der Waals surface area contributed by atoms with Crippen molar-refractivity contribution >= 4 is 34.7 Å². The molecule has 1 N–H and O–H groups in total. The van der Waals surface area contributed by atoms with Crippen LogP contribution < -0.4 is 10.2 Å². The maximum absolute atomic E-state index is 12.5. The lowest BCUT2D eigenvalue weighted by Crippen LogP contribution is -2.19. The number of hydrogen-bond donors (Lipinski definition) is 1. The zero-order valence-corrected chi connectivity index (χ0v) is 14.6. The number of carbonyl (C=O) groups excluding carboxylic acids is 1. The minimum atomic E-state index is -0.199. The van der Waals surface area contributed by atoms with Crippen molar-refractivity contribution < 1.29 is 4.79 Å². The number of benzene rings is 2. The van der Waals surface area contributed by atoms with Gasteiger partial charge in [-0.05, 0) is 49.4 Å². The molecule has 0 unspecified atom stereocenters. The van der Waals surface area contributed by atoms with Crippen LogP contribution in [0.2, 0.25) is 5.02 Å². The quantitative estimate of drug-likeness (QED) is 0.691. The second kappa shape index (κ2) is 7.81. The first-order chi connectivity index (χ1) is 12.2. The summed E-state index contributed by atoms with van der Waals surface area (Å²) in [4.78, 5) is 19.0. The van der Waals surface area contributed by atoms with E-state index in [9.17, 15) is 4.79 Å². The molecule has 1 heterocycles. The lowest BCUT2D eigenvalue weighted by atomic mass is 10.2. The number of pyridine rings is 1. The van der Waals surface area contributed by atoms with Crippen molar-refractivity contribution in [2.45, 2.75) is 6.92 Å². The van der Waals surface area contributed by atoms with Crippen LogP contribution in [0.25, 0.3) is 0 Å². The third-order valence-corrected chi connectivity index (χ3v) is 3.99. The fourth-order valence-electron chi connectivity index (χ4n) is 2.56. The van der Waals surface area contributed by atoms with Gasteiger partial charge in [0.05, 0.1) is 0 Å². The van der Waals surface area contributed by atoms with Gasteiger partial charge in [0.15, 0.2) is 0 Å². The van der Waals surface area contributed by atoms with Crippen LogP contribution in [0.5, 0.6) is 0 Å². The largest absolute Gasteiger partial charge is 0.327 e. The van der Waals surface area contributed by atoms with E-state index in [1.165, 1.54) is 0 Å². The third-order valence-electron chi connectivity index (χ3n) is 3.75. The molecular weight excluding hydrogens is 334 g/mol. The highest BCUT2D eigenvalue weighted by molar-refractivity contribution is 6.31. The van der Waals surface area contributed by atoms with Gasteiger partial charge >= 0.3 is 0 Å². The fourth-order valence-corrected chi connectivity index (χ4v) is 2.75. The van der Waals surface area contributed by atoms with Gasteiger partial charge in [0.1, 0.15) is 5.82 Å². The van der Waals surface area contributed by atoms with Crippen LogP contribution in [0.15, 0.2) is 72.9 Å². The molecule has 0 aliphatic rings. The van der Waals surface area contributed by atoms with Crippen molar-refractivity contribution in [2.24, 2.45) is 0 Å². The maximum Gasteiger partial charge on any atom is 0.255 e. The monoisotopic (exact) mass is 351 g/mol. The van der Waals surface area contributed by atoms with E-state index in [-0.39, 0.29) is 5.91 Å². The molecular formula is C20H18ClN3O. The average molecular weight is 352 g/mol. The molecule has 0 saturated carbocycles. The summed E-state index contributed by atoms with van der Waals surface area (Å²) in [6.07, 6.45) is 1.65. The molecule has 1 amide bonds. The number of halogens is 1. The van der Waals surface area contributed by atoms with E-state index >= 15 is 0 Å². The lowest BCUT2D eigenvalue weighted by molar-refractivity contribution is 0.102. The molecule has 0 bridgehead atoms. The topological polar surface area (TPSA) is 45.2 Å². The average Bonchev–Trinajstić information content (AvgIpc) is 2.63. The smallest absolute Gasteiger partial charge is 0.255 e. The van der Waals surface area contributed by atoms with E-state index in [0.29, 0.717) is 16.3 Å². The standard InChI is InChI=1S/C20H18ClN3O/c1-2-24(18-9-4-3-5-10-18)19-13-15(11-12-22-19)20(25)23-17-8-6-7-16(21)14-17/h3-14H,2H2,1H3,(H,23,25). The number of rotatable bonds is 5. The Kier molecular flexibility index (Phi) is 5.31. The minimum absolute atomic E-state index is 0.199. The van der Waals surface area contributed by atoms with E-state index in [1.807, 2.05) is 37.3 Å². The van der Waals surface area contributed by atoms with Gasteiger partial charge in [0.25, 0.3) is 5.91 Å². The van der Waals surface area contributed by atoms with Gasteiger partial charge in [-0.2, -0.15) is 0 Å². The second-order valence-corrected chi connectivity index (χ2v) is 5.88. The Balaban J connectivity index is 1.84. The summed E-state index contributed by atoms with van der Waals surface area (Å²) in [5.41, 5.74) is 2.23. The zero-order valence-electron chi connectivity index (χ0n) is 13.8. The van der Waals surface area contributed by atoms with Gasteiger partial charge in [0, 0.05) is 34.7 Å². The predicted octanol–water partition coefficient (Wildman–Crippen LogP) is 5.15. The van der Waals surface area contributed by atoms with Crippen molar-refractivity contribution in [3.05, 3.63) is 83.5 Å². The van der Waals surface area contributed by atoms with Crippen LogP contribution in [0.3, 0.4) is 0 Å². The fraction of sp³-hybridized carbons (Fsp3) is 0.100. The molecule has 0 atom stereocenters. The van der Waals surface area contributed by atoms with Crippen molar-refractivity contribution in [1.82, 2.24) is 4.98 Å². The second-order valence-electron chi connectivity index (χ2n) is 5.45. The Morgan fingerprint density at radius 1 is 1.08 bits per heavy atom. The molecule has 0 spiro atoms. The molecule has 4 nitrogen and oxygen atoms in total. The van der Waals surface area contributed by atoms with Crippen LogP contribution in [-0.4, -0.2) is 17.4 Å². The summed E-state index contributed by atoms with van der Waals surface area (Å²) < 4.78 is 0. The highest BCUT2D eigenvalue weighted by atomic mass is 35.5. The lowest BCUT2D eigenvalue weighted by Gasteiger charge is -2.22. The van der Waals surface area contributed by atoms with Gasteiger partial charge < -0.3 is 10.2 Å². The molecule has 0 saturated heterocycles. The van der Waals surface area contributed by atoms with Gasteiger partial charge in [-0.25, -0.2) is 4.98 Å². The van der Waals surface area contributed by atoms with Crippen molar-refractivity contribution in [3.63, 3.8) is 0 Å². The van der Waals surface area contributed by atoms with E-state index in [1.54, 1.807) is 42.6 Å². The van der Waals surface area contributed by atoms with E-state index in [2.05, 4.69) is 15.2 Å². The van der Waals surface area contributed by atoms with Gasteiger partial charge in [0.2, 0.25) is 0 Å². The summed E-state index contributed by atoms with van der Waals surface area (Å²) in [5.74, 6) is 0.530. The number of nitrogens with one attached hydrogen (secondary N) is 1. The highest BCUT2D eigenvalue weighted by Crippen LogP contribution is 2.24. The number of para-hydroxylation sites is 1. The Labute approximate surface area is 152 Å². The molecule has 25 heavy (non-hydrogen) atoms. The van der Waals surface area contributed by atoms with E-state index in [4.69, 9.17) is 11.6 Å². The molecule has 0 radical (unpaired) electrons. The summed E-state index contributed by atoms with van der Waals surface area (Å²) >= 11 is 5.96. The number of carbonyl (C=O) groups is 1. The maximum atomic E-state index is 12.5. The van der Waals surface area contributed by atoms with E-state index in [0.717, 1.165) is 18.1 Å². The Bertz CT molecular complexity index is 868. The van der Waals surface area contributed by atoms with Crippen LogP contribution in [0.4, 0.5) is 17.2 Å². The summed E-state index contributed by atoms with van der Waals surface area (Å²) in [5, 5.41) is 3.43. The SMILES string of the molecule is CCN(c1ccccc1)c1cc(C(=O)Nc2cccc(Cl)c2)ccn1. The molecule has 126 valence electrons. The molecule has 3 aromatic rings. The molecule has 2 aromatic carbocycles. The molecule has 0 aliphatic heterocycles. The van der Waals surface area contributed by atoms with Crippen LogP contribution in [-0.2, 0) is 0 Å². The Hall–Kier alpha value is -2.85. The van der Waals surface area contributed by atoms with Crippen molar-refractivity contribution in [1.29, 1.82) is 0 Å². The van der Waals surface area contributed by atoms with Crippen molar-refractivity contribution in [2.75, 3.05) is 16.8 Å². The van der Waals surface area contributed by atoms with Crippen LogP contribution in [0.1, 0.15) is 17.3 Å². The van der Waals surface area contributed by atoms with E-state index < -0.39 is 0 Å². The summed E-state index contributed by atoms with van der Waals surface area (Å²) in [7, 11) is 0. The number of amides is 1. The normalized spacial score (nSPS) is 10.3. The minimum Gasteiger partial charge on any atom is -0.327 e. The van der Waals surface area contributed by atoms with Gasteiger partial charge in [-0.15, -0.1) is 0 Å². The Morgan fingerprint density at radius 2 is 1.88 bits per heavy atom.